The summed E-state index contributed by atoms with van der Waals surface area (Å²) in [5.74, 6) is 0.327. The van der Waals surface area contributed by atoms with E-state index in [2.05, 4.69) is 10.6 Å². The Morgan fingerprint density at radius 3 is 2.39 bits per heavy atom. The van der Waals surface area contributed by atoms with Crippen LogP contribution in [0.15, 0.2) is 12.1 Å². The predicted molar refractivity (Wildman–Crippen MR) is 77.8 cm³/mol. The van der Waals surface area contributed by atoms with Crippen molar-refractivity contribution in [1.82, 2.24) is 5.32 Å². The van der Waals surface area contributed by atoms with Gasteiger partial charge < -0.3 is 10.6 Å². The SMILES string of the molecule is CC(C)CNC(=O)CNc1cc(Cl)c(Cl)cc1Cl. The number of benzene rings is 1. The Kier molecular flexibility index (Phi) is 6.06. The van der Waals surface area contributed by atoms with Gasteiger partial charge in [-0.15, -0.1) is 0 Å². The minimum absolute atomic E-state index is 0.0918. The van der Waals surface area contributed by atoms with Crippen LogP contribution in [0.2, 0.25) is 15.1 Å². The van der Waals surface area contributed by atoms with Crippen molar-refractivity contribution in [3.05, 3.63) is 27.2 Å². The predicted octanol–water partition coefficient (Wildman–Crippen LogP) is 3.83. The molecule has 3 nitrogen and oxygen atoms in total. The maximum absolute atomic E-state index is 11.5. The van der Waals surface area contributed by atoms with Gasteiger partial charge in [-0.3, -0.25) is 4.79 Å². The smallest absolute Gasteiger partial charge is 0.239 e. The fraction of sp³-hybridized carbons (Fsp3) is 0.417. The summed E-state index contributed by atoms with van der Waals surface area (Å²) in [4.78, 5) is 11.5. The van der Waals surface area contributed by atoms with Crippen LogP contribution in [0.3, 0.4) is 0 Å². The second-order valence-electron chi connectivity index (χ2n) is 4.30. The van der Waals surface area contributed by atoms with Crippen LogP contribution in [0.25, 0.3) is 0 Å². The molecule has 1 aromatic carbocycles. The van der Waals surface area contributed by atoms with Crippen molar-refractivity contribution in [3.63, 3.8) is 0 Å². The first-order valence-corrected chi connectivity index (χ1v) is 6.68. The zero-order valence-corrected chi connectivity index (χ0v) is 12.5. The van der Waals surface area contributed by atoms with Crippen LogP contribution in [0.4, 0.5) is 5.69 Å². The molecule has 0 aliphatic carbocycles. The summed E-state index contributed by atoms with van der Waals surface area (Å²) >= 11 is 17.7. The van der Waals surface area contributed by atoms with E-state index in [0.29, 0.717) is 33.2 Å². The number of rotatable bonds is 5. The third-order valence-electron chi connectivity index (χ3n) is 2.16. The Bertz CT molecular complexity index is 436. The summed E-state index contributed by atoms with van der Waals surface area (Å²) in [6.07, 6.45) is 0. The summed E-state index contributed by atoms with van der Waals surface area (Å²) in [6, 6.07) is 3.14. The molecule has 0 fully saturated rings. The van der Waals surface area contributed by atoms with Crippen molar-refractivity contribution in [1.29, 1.82) is 0 Å². The normalized spacial score (nSPS) is 10.6. The standard InChI is InChI=1S/C12H15Cl3N2O/c1-7(2)5-17-12(18)6-16-11-4-9(14)8(13)3-10(11)15/h3-4,7,16H,5-6H2,1-2H3,(H,17,18). The van der Waals surface area contributed by atoms with Crippen molar-refractivity contribution in [2.24, 2.45) is 5.92 Å². The maximum Gasteiger partial charge on any atom is 0.239 e. The molecule has 2 N–H and O–H groups in total. The maximum atomic E-state index is 11.5. The number of hydrogen-bond acceptors (Lipinski definition) is 2. The van der Waals surface area contributed by atoms with Gasteiger partial charge in [0.15, 0.2) is 0 Å². The zero-order valence-electron chi connectivity index (χ0n) is 10.2. The molecule has 18 heavy (non-hydrogen) atoms. The molecule has 0 spiro atoms. The number of anilines is 1. The van der Waals surface area contributed by atoms with Gasteiger partial charge in [0.1, 0.15) is 0 Å². The van der Waals surface area contributed by atoms with E-state index in [0.717, 1.165) is 0 Å². The van der Waals surface area contributed by atoms with Crippen LogP contribution in [-0.4, -0.2) is 19.0 Å². The van der Waals surface area contributed by atoms with E-state index in [1.807, 2.05) is 13.8 Å². The molecule has 1 rings (SSSR count). The van der Waals surface area contributed by atoms with Crippen molar-refractivity contribution in [2.75, 3.05) is 18.4 Å². The molecule has 1 amide bonds. The monoisotopic (exact) mass is 308 g/mol. The second kappa shape index (κ2) is 7.07. The molecule has 0 saturated heterocycles. The fourth-order valence-corrected chi connectivity index (χ4v) is 1.83. The van der Waals surface area contributed by atoms with E-state index in [9.17, 15) is 4.79 Å². The van der Waals surface area contributed by atoms with Crippen molar-refractivity contribution in [3.8, 4) is 0 Å². The van der Waals surface area contributed by atoms with Crippen molar-refractivity contribution >= 4 is 46.4 Å². The number of carbonyl (C=O) groups excluding carboxylic acids is 1. The minimum Gasteiger partial charge on any atom is -0.375 e. The highest BCUT2D eigenvalue weighted by molar-refractivity contribution is 6.44. The van der Waals surface area contributed by atoms with E-state index in [1.54, 1.807) is 12.1 Å². The number of halogens is 3. The van der Waals surface area contributed by atoms with Gasteiger partial charge in [0.2, 0.25) is 5.91 Å². The van der Waals surface area contributed by atoms with Gasteiger partial charge in [-0.05, 0) is 18.1 Å². The number of amides is 1. The number of carbonyl (C=O) groups is 1. The molecule has 0 radical (unpaired) electrons. The molecular weight excluding hydrogens is 295 g/mol. The zero-order chi connectivity index (χ0) is 13.7. The number of hydrogen-bond donors (Lipinski definition) is 2. The molecule has 0 bridgehead atoms. The molecular formula is C12H15Cl3N2O. The van der Waals surface area contributed by atoms with E-state index in [-0.39, 0.29) is 12.5 Å². The van der Waals surface area contributed by atoms with Crippen LogP contribution in [-0.2, 0) is 4.79 Å². The van der Waals surface area contributed by atoms with Gasteiger partial charge in [0.25, 0.3) is 0 Å². The summed E-state index contributed by atoms with van der Waals surface area (Å²) < 4.78 is 0. The number of nitrogens with one attached hydrogen (secondary N) is 2. The summed E-state index contributed by atoms with van der Waals surface area (Å²) in [6.45, 7) is 4.85. The Balaban J connectivity index is 2.53. The molecule has 1 aromatic rings. The van der Waals surface area contributed by atoms with Crippen LogP contribution in [0.5, 0.6) is 0 Å². The first kappa shape index (κ1) is 15.4. The Morgan fingerprint density at radius 2 is 1.78 bits per heavy atom. The highest BCUT2D eigenvalue weighted by atomic mass is 35.5. The molecule has 100 valence electrons. The third-order valence-corrected chi connectivity index (χ3v) is 3.19. The van der Waals surface area contributed by atoms with Crippen molar-refractivity contribution in [2.45, 2.75) is 13.8 Å². The highest BCUT2D eigenvalue weighted by Crippen LogP contribution is 2.31. The quantitative estimate of drug-likeness (QED) is 0.812. The fourth-order valence-electron chi connectivity index (χ4n) is 1.21. The van der Waals surface area contributed by atoms with Gasteiger partial charge >= 0.3 is 0 Å². The lowest BCUT2D eigenvalue weighted by molar-refractivity contribution is -0.119. The Labute approximate surface area is 122 Å². The van der Waals surface area contributed by atoms with E-state index >= 15 is 0 Å². The van der Waals surface area contributed by atoms with Crippen LogP contribution < -0.4 is 10.6 Å². The van der Waals surface area contributed by atoms with E-state index in [1.165, 1.54) is 0 Å². The van der Waals surface area contributed by atoms with Crippen molar-refractivity contribution < 1.29 is 4.79 Å². The minimum atomic E-state index is -0.0918. The second-order valence-corrected chi connectivity index (χ2v) is 5.52. The summed E-state index contributed by atoms with van der Waals surface area (Å²) in [5, 5.41) is 6.92. The molecule has 0 saturated carbocycles. The van der Waals surface area contributed by atoms with Crippen LogP contribution in [0.1, 0.15) is 13.8 Å². The lowest BCUT2D eigenvalue weighted by Gasteiger charge is -2.11. The first-order valence-electron chi connectivity index (χ1n) is 5.55. The Hall–Kier alpha value is -0.640. The molecule has 0 aliphatic heterocycles. The lowest BCUT2D eigenvalue weighted by atomic mass is 10.2. The lowest BCUT2D eigenvalue weighted by Crippen LogP contribution is -2.32. The largest absolute Gasteiger partial charge is 0.375 e. The first-order chi connectivity index (χ1) is 8.40. The Morgan fingerprint density at radius 1 is 1.17 bits per heavy atom. The topological polar surface area (TPSA) is 41.1 Å². The van der Waals surface area contributed by atoms with Gasteiger partial charge in [0, 0.05) is 6.54 Å². The van der Waals surface area contributed by atoms with Crippen LogP contribution in [0, 0.1) is 5.92 Å². The average molecular weight is 310 g/mol. The molecule has 0 atom stereocenters. The molecule has 0 aliphatic rings. The van der Waals surface area contributed by atoms with Gasteiger partial charge in [-0.1, -0.05) is 48.7 Å². The molecule has 0 aromatic heterocycles. The molecule has 0 heterocycles. The van der Waals surface area contributed by atoms with Crippen LogP contribution >= 0.6 is 34.8 Å². The van der Waals surface area contributed by atoms with E-state index in [4.69, 9.17) is 34.8 Å². The van der Waals surface area contributed by atoms with Gasteiger partial charge in [-0.25, -0.2) is 0 Å². The van der Waals surface area contributed by atoms with Gasteiger partial charge in [-0.2, -0.15) is 0 Å². The summed E-state index contributed by atoms with van der Waals surface area (Å²) in [7, 11) is 0. The van der Waals surface area contributed by atoms with E-state index < -0.39 is 0 Å². The molecule has 0 unspecified atom stereocenters. The molecule has 6 heteroatoms. The average Bonchev–Trinajstić information content (AvgIpc) is 2.29. The van der Waals surface area contributed by atoms with Gasteiger partial charge in [0.05, 0.1) is 27.3 Å². The summed E-state index contributed by atoms with van der Waals surface area (Å²) in [5.41, 5.74) is 0.589. The third kappa shape index (κ3) is 4.92. The highest BCUT2D eigenvalue weighted by Gasteiger charge is 2.07.